The number of halogens is 1. The molecule has 1 N–H and O–H groups in total. The van der Waals surface area contributed by atoms with Crippen LogP contribution in [-0.2, 0) is 4.79 Å². The molecule has 1 heterocycles. The largest absolute Gasteiger partial charge is 0.508 e. The predicted octanol–water partition coefficient (Wildman–Crippen LogP) is 4.12. The molecule has 0 aliphatic carbocycles. The van der Waals surface area contributed by atoms with Gasteiger partial charge in [0.05, 0.1) is 0 Å². The van der Waals surface area contributed by atoms with E-state index in [1.807, 2.05) is 35.2 Å². The zero-order valence-electron chi connectivity index (χ0n) is 15.9. The molecule has 27 heavy (non-hydrogen) atoms. The number of hydrogen-bond donors (Lipinski definition) is 1. The minimum Gasteiger partial charge on any atom is -0.508 e. The summed E-state index contributed by atoms with van der Waals surface area (Å²) in [6, 6.07) is 15.2. The van der Waals surface area contributed by atoms with Gasteiger partial charge in [0, 0.05) is 49.6 Å². The Hall–Kier alpha value is -2.04. The first-order chi connectivity index (χ1) is 13.0. The smallest absolute Gasteiger partial charge is 0.223 e. The van der Waals surface area contributed by atoms with Gasteiger partial charge < -0.3 is 10.0 Å². The Bertz CT molecular complexity index is 785. The quantitative estimate of drug-likeness (QED) is 0.840. The Balaban J connectivity index is 1.80. The van der Waals surface area contributed by atoms with Crippen molar-refractivity contribution in [3.63, 3.8) is 0 Å². The molecule has 0 unspecified atom stereocenters. The van der Waals surface area contributed by atoms with E-state index in [0.29, 0.717) is 17.5 Å². The first kappa shape index (κ1) is 19.7. The number of carbonyl (C=O) groups is 1. The third kappa shape index (κ3) is 4.82. The second-order valence-corrected chi connectivity index (χ2v) is 7.79. The van der Waals surface area contributed by atoms with Gasteiger partial charge in [-0.3, -0.25) is 9.69 Å². The number of rotatable bonds is 5. The highest BCUT2D eigenvalue weighted by atomic mass is 35.5. The molecule has 4 nitrogen and oxygen atoms in total. The molecule has 0 spiro atoms. The number of hydrogen-bond acceptors (Lipinski definition) is 3. The standard InChI is InChI=1S/C22H27ClN2O2/c1-16(2)24-10-12-25(13-11-24)22(27)15-20(17-6-5-7-18(26)14-17)19-8-3-4-9-21(19)23/h3-9,14,16,20,26H,10-13,15H2,1-2H3/t20-/m1/s1. The lowest BCUT2D eigenvalue weighted by atomic mass is 9.87. The van der Waals surface area contributed by atoms with Crippen LogP contribution in [0.4, 0.5) is 0 Å². The number of amides is 1. The monoisotopic (exact) mass is 386 g/mol. The highest BCUT2D eigenvalue weighted by molar-refractivity contribution is 6.31. The number of phenolic OH excluding ortho intramolecular Hbond substituents is 1. The molecule has 3 rings (SSSR count). The molecule has 2 aromatic carbocycles. The van der Waals surface area contributed by atoms with Crippen LogP contribution >= 0.6 is 11.6 Å². The van der Waals surface area contributed by atoms with Gasteiger partial charge in [0.1, 0.15) is 5.75 Å². The zero-order valence-corrected chi connectivity index (χ0v) is 16.7. The summed E-state index contributed by atoms with van der Waals surface area (Å²) in [5.74, 6) is 0.149. The molecule has 1 atom stereocenters. The van der Waals surface area contributed by atoms with Crippen LogP contribution in [-0.4, -0.2) is 53.0 Å². The molecule has 2 aromatic rings. The van der Waals surface area contributed by atoms with E-state index in [0.717, 1.165) is 37.3 Å². The highest BCUT2D eigenvalue weighted by Crippen LogP contribution is 2.34. The van der Waals surface area contributed by atoms with E-state index in [1.54, 1.807) is 18.2 Å². The molecule has 1 amide bonds. The summed E-state index contributed by atoms with van der Waals surface area (Å²) in [5, 5.41) is 10.6. The van der Waals surface area contributed by atoms with Crippen LogP contribution in [0.15, 0.2) is 48.5 Å². The molecule has 0 bridgehead atoms. The van der Waals surface area contributed by atoms with Crippen molar-refractivity contribution in [2.24, 2.45) is 0 Å². The first-order valence-electron chi connectivity index (χ1n) is 9.51. The molecule has 1 fully saturated rings. The van der Waals surface area contributed by atoms with E-state index in [4.69, 9.17) is 11.6 Å². The fourth-order valence-corrected chi connectivity index (χ4v) is 3.97. The molecule has 1 saturated heterocycles. The normalized spacial score (nSPS) is 16.5. The number of benzene rings is 2. The van der Waals surface area contributed by atoms with Crippen molar-refractivity contribution in [1.29, 1.82) is 0 Å². The van der Waals surface area contributed by atoms with Gasteiger partial charge in [0.15, 0.2) is 0 Å². The Morgan fingerprint density at radius 1 is 1.07 bits per heavy atom. The third-order valence-electron chi connectivity index (χ3n) is 5.33. The molecule has 0 aromatic heterocycles. The summed E-state index contributed by atoms with van der Waals surface area (Å²) in [5.41, 5.74) is 1.82. The van der Waals surface area contributed by atoms with E-state index >= 15 is 0 Å². The van der Waals surface area contributed by atoms with E-state index < -0.39 is 0 Å². The second kappa shape index (κ2) is 8.77. The van der Waals surface area contributed by atoms with Gasteiger partial charge >= 0.3 is 0 Å². The summed E-state index contributed by atoms with van der Waals surface area (Å²) in [6.07, 6.45) is 0.342. The summed E-state index contributed by atoms with van der Waals surface area (Å²) in [4.78, 5) is 17.4. The molecule has 0 saturated carbocycles. The lowest BCUT2D eigenvalue weighted by Gasteiger charge is -2.37. The van der Waals surface area contributed by atoms with E-state index in [1.165, 1.54) is 0 Å². The Labute approximate surface area is 166 Å². The van der Waals surface area contributed by atoms with Crippen LogP contribution in [0.2, 0.25) is 5.02 Å². The minimum absolute atomic E-state index is 0.131. The van der Waals surface area contributed by atoms with E-state index in [9.17, 15) is 9.90 Å². The van der Waals surface area contributed by atoms with Crippen molar-refractivity contribution >= 4 is 17.5 Å². The van der Waals surface area contributed by atoms with Crippen molar-refractivity contribution in [3.8, 4) is 5.75 Å². The van der Waals surface area contributed by atoms with Gasteiger partial charge in [-0.2, -0.15) is 0 Å². The van der Waals surface area contributed by atoms with Gasteiger partial charge in [-0.05, 0) is 43.2 Å². The number of carbonyl (C=O) groups excluding carboxylic acids is 1. The third-order valence-corrected chi connectivity index (χ3v) is 5.67. The van der Waals surface area contributed by atoms with Crippen molar-refractivity contribution in [2.45, 2.75) is 32.2 Å². The Morgan fingerprint density at radius 3 is 2.41 bits per heavy atom. The van der Waals surface area contributed by atoms with Gasteiger partial charge in [0.25, 0.3) is 0 Å². The van der Waals surface area contributed by atoms with Crippen LogP contribution in [0.3, 0.4) is 0 Å². The van der Waals surface area contributed by atoms with E-state index in [-0.39, 0.29) is 17.6 Å². The molecule has 1 aliphatic heterocycles. The Morgan fingerprint density at radius 2 is 1.78 bits per heavy atom. The van der Waals surface area contributed by atoms with Crippen LogP contribution in [0, 0.1) is 0 Å². The fraction of sp³-hybridized carbons (Fsp3) is 0.409. The lowest BCUT2D eigenvalue weighted by molar-refractivity contribution is -0.133. The topological polar surface area (TPSA) is 43.8 Å². The van der Waals surface area contributed by atoms with Gasteiger partial charge in [-0.15, -0.1) is 0 Å². The van der Waals surface area contributed by atoms with Crippen LogP contribution < -0.4 is 0 Å². The average molecular weight is 387 g/mol. The van der Waals surface area contributed by atoms with Crippen LogP contribution in [0.5, 0.6) is 5.75 Å². The average Bonchev–Trinajstić information content (AvgIpc) is 2.66. The van der Waals surface area contributed by atoms with Gasteiger partial charge in [-0.25, -0.2) is 0 Å². The summed E-state index contributed by atoms with van der Waals surface area (Å²) < 4.78 is 0. The SMILES string of the molecule is CC(C)N1CCN(C(=O)C[C@H](c2cccc(O)c2)c2ccccc2Cl)CC1. The maximum Gasteiger partial charge on any atom is 0.223 e. The van der Waals surface area contributed by atoms with Crippen molar-refractivity contribution in [1.82, 2.24) is 9.80 Å². The Kier molecular flexibility index (Phi) is 6.40. The molecule has 0 radical (unpaired) electrons. The maximum absolute atomic E-state index is 13.0. The summed E-state index contributed by atoms with van der Waals surface area (Å²) in [7, 11) is 0. The zero-order chi connectivity index (χ0) is 19.4. The second-order valence-electron chi connectivity index (χ2n) is 7.38. The van der Waals surface area contributed by atoms with Gasteiger partial charge in [-0.1, -0.05) is 41.9 Å². The molecule has 1 aliphatic rings. The highest BCUT2D eigenvalue weighted by Gasteiger charge is 2.27. The number of aromatic hydroxyl groups is 1. The fourth-order valence-electron chi connectivity index (χ4n) is 3.70. The van der Waals surface area contributed by atoms with Crippen LogP contribution in [0.1, 0.15) is 37.3 Å². The van der Waals surface area contributed by atoms with E-state index in [2.05, 4.69) is 18.7 Å². The first-order valence-corrected chi connectivity index (χ1v) is 9.88. The molecular weight excluding hydrogens is 360 g/mol. The lowest BCUT2D eigenvalue weighted by Crippen LogP contribution is -2.50. The number of phenols is 1. The summed E-state index contributed by atoms with van der Waals surface area (Å²) >= 11 is 6.44. The molecular formula is C22H27ClN2O2. The molecule has 144 valence electrons. The minimum atomic E-state index is -0.179. The van der Waals surface area contributed by atoms with Crippen LogP contribution in [0.25, 0.3) is 0 Å². The summed E-state index contributed by atoms with van der Waals surface area (Å²) in [6.45, 7) is 7.71. The number of nitrogens with zero attached hydrogens (tertiary/aromatic N) is 2. The maximum atomic E-state index is 13.0. The predicted molar refractivity (Wildman–Crippen MR) is 109 cm³/mol. The molecule has 5 heteroatoms. The van der Waals surface area contributed by atoms with Crippen molar-refractivity contribution in [3.05, 3.63) is 64.7 Å². The number of piperazine rings is 1. The van der Waals surface area contributed by atoms with Crippen molar-refractivity contribution in [2.75, 3.05) is 26.2 Å². The van der Waals surface area contributed by atoms with Gasteiger partial charge in [0.2, 0.25) is 5.91 Å². The van der Waals surface area contributed by atoms with Crippen molar-refractivity contribution < 1.29 is 9.90 Å².